The molecule has 1 aromatic heterocycles. The van der Waals surface area contributed by atoms with Crippen LogP contribution in [0.4, 0.5) is 0 Å². The topological polar surface area (TPSA) is 76.5 Å². The molecule has 3 N–H and O–H groups in total. The first-order chi connectivity index (χ1) is 5.85. The molecule has 0 fully saturated rings. The van der Waals surface area contributed by atoms with E-state index in [1.54, 1.807) is 13.0 Å². The van der Waals surface area contributed by atoms with Crippen LogP contribution in [0.2, 0.25) is 0 Å². The van der Waals surface area contributed by atoms with Crippen molar-refractivity contribution in [2.24, 2.45) is 5.73 Å². The van der Waals surface area contributed by atoms with Crippen LogP contribution in [0, 0.1) is 13.8 Å². The van der Waals surface area contributed by atoms with Crippen LogP contribution in [-0.4, -0.2) is 11.1 Å². The first kappa shape index (κ1) is 9.80. The Labute approximate surface area is 76.3 Å². The summed E-state index contributed by atoms with van der Waals surface area (Å²) in [6.45, 7) is 5.03. The van der Waals surface area contributed by atoms with Gasteiger partial charge in [0.15, 0.2) is 5.54 Å². The van der Waals surface area contributed by atoms with Gasteiger partial charge in [0, 0.05) is 0 Å². The van der Waals surface area contributed by atoms with Crippen LogP contribution in [0.5, 0.6) is 0 Å². The average Bonchev–Trinajstić information content (AvgIpc) is 2.32. The highest BCUT2D eigenvalue weighted by molar-refractivity contribution is 5.79. The van der Waals surface area contributed by atoms with Gasteiger partial charge in [-0.15, -0.1) is 0 Å². The summed E-state index contributed by atoms with van der Waals surface area (Å²) < 4.78 is 5.23. The minimum absolute atomic E-state index is 0.287. The van der Waals surface area contributed by atoms with Gasteiger partial charge in [0.2, 0.25) is 0 Å². The van der Waals surface area contributed by atoms with Gasteiger partial charge in [0.05, 0.1) is 0 Å². The second-order valence-corrected chi connectivity index (χ2v) is 3.36. The van der Waals surface area contributed by atoms with Gasteiger partial charge >= 0.3 is 5.97 Å². The summed E-state index contributed by atoms with van der Waals surface area (Å²) in [6.07, 6.45) is 0. The number of carboxylic acid groups (broad SMARTS) is 1. The van der Waals surface area contributed by atoms with E-state index >= 15 is 0 Å². The fourth-order valence-corrected chi connectivity index (χ4v) is 0.934. The normalized spacial score (nSPS) is 15.4. The highest BCUT2D eigenvalue weighted by Crippen LogP contribution is 2.23. The van der Waals surface area contributed by atoms with Crippen molar-refractivity contribution in [1.29, 1.82) is 0 Å². The maximum atomic E-state index is 10.8. The molecule has 72 valence electrons. The van der Waals surface area contributed by atoms with E-state index in [0.717, 1.165) is 5.56 Å². The molecule has 0 aliphatic carbocycles. The highest BCUT2D eigenvalue weighted by Gasteiger charge is 2.34. The molecular formula is C9H13NO3. The molecule has 0 aromatic carbocycles. The molecule has 0 radical (unpaired) electrons. The third kappa shape index (κ3) is 1.58. The zero-order valence-corrected chi connectivity index (χ0v) is 7.92. The van der Waals surface area contributed by atoms with Crippen molar-refractivity contribution in [3.8, 4) is 0 Å². The standard InChI is InChI=1S/C9H13NO3/c1-5-4-7(13-6(5)2)9(3,10)8(11)12/h4H,10H2,1-3H3,(H,11,12). The number of carboxylic acids is 1. The summed E-state index contributed by atoms with van der Waals surface area (Å²) in [4.78, 5) is 10.8. The molecule has 1 heterocycles. The zero-order chi connectivity index (χ0) is 10.2. The van der Waals surface area contributed by atoms with Gasteiger partial charge in [-0.25, -0.2) is 4.79 Å². The Balaban J connectivity index is 3.15. The van der Waals surface area contributed by atoms with E-state index in [4.69, 9.17) is 15.3 Å². The molecule has 0 aliphatic rings. The summed E-state index contributed by atoms with van der Waals surface area (Å²) in [5.41, 5.74) is 5.03. The van der Waals surface area contributed by atoms with Gasteiger partial charge in [-0.05, 0) is 32.4 Å². The van der Waals surface area contributed by atoms with E-state index in [9.17, 15) is 4.79 Å². The van der Waals surface area contributed by atoms with Crippen LogP contribution in [0.3, 0.4) is 0 Å². The molecule has 0 amide bonds. The number of nitrogens with two attached hydrogens (primary N) is 1. The van der Waals surface area contributed by atoms with Crippen molar-refractivity contribution >= 4 is 5.97 Å². The van der Waals surface area contributed by atoms with E-state index in [-0.39, 0.29) is 5.76 Å². The monoisotopic (exact) mass is 183 g/mol. The first-order valence-electron chi connectivity index (χ1n) is 3.95. The molecule has 4 heteroatoms. The van der Waals surface area contributed by atoms with Crippen molar-refractivity contribution in [2.45, 2.75) is 26.3 Å². The molecule has 1 rings (SSSR count). The SMILES string of the molecule is Cc1cc(C(C)(N)C(=O)O)oc1C. The summed E-state index contributed by atoms with van der Waals surface area (Å²) in [5, 5.41) is 8.81. The van der Waals surface area contributed by atoms with E-state index in [2.05, 4.69) is 0 Å². The minimum atomic E-state index is -1.45. The van der Waals surface area contributed by atoms with Gasteiger partial charge < -0.3 is 15.3 Å². The molecule has 0 saturated carbocycles. The molecular weight excluding hydrogens is 170 g/mol. The van der Waals surface area contributed by atoms with Crippen LogP contribution in [-0.2, 0) is 10.3 Å². The predicted octanol–water partition coefficient (Wildman–Crippen LogP) is 1.15. The zero-order valence-electron chi connectivity index (χ0n) is 7.92. The van der Waals surface area contributed by atoms with Gasteiger partial charge in [0.25, 0.3) is 0 Å². The summed E-state index contributed by atoms with van der Waals surface area (Å²) in [5.74, 6) is -0.107. The van der Waals surface area contributed by atoms with Gasteiger partial charge in [0.1, 0.15) is 11.5 Å². The lowest BCUT2D eigenvalue weighted by Gasteiger charge is -2.15. The summed E-state index contributed by atoms with van der Waals surface area (Å²) in [6, 6.07) is 1.66. The lowest BCUT2D eigenvalue weighted by atomic mass is 10.0. The Hall–Kier alpha value is -1.29. The summed E-state index contributed by atoms with van der Waals surface area (Å²) >= 11 is 0. The van der Waals surface area contributed by atoms with Crippen LogP contribution < -0.4 is 5.73 Å². The number of aryl methyl sites for hydroxylation is 2. The molecule has 0 aliphatic heterocycles. The Morgan fingerprint density at radius 1 is 1.62 bits per heavy atom. The van der Waals surface area contributed by atoms with Crippen LogP contribution in [0.25, 0.3) is 0 Å². The molecule has 13 heavy (non-hydrogen) atoms. The fraction of sp³-hybridized carbons (Fsp3) is 0.444. The molecule has 0 spiro atoms. The molecule has 4 nitrogen and oxygen atoms in total. The van der Waals surface area contributed by atoms with Crippen molar-refractivity contribution in [3.63, 3.8) is 0 Å². The Morgan fingerprint density at radius 3 is 2.46 bits per heavy atom. The maximum Gasteiger partial charge on any atom is 0.331 e. The Morgan fingerprint density at radius 2 is 2.15 bits per heavy atom. The van der Waals surface area contributed by atoms with Crippen molar-refractivity contribution in [3.05, 3.63) is 23.2 Å². The third-order valence-electron chi connectivity index (χ3n) is 2.12. The first-order valence-corrected chi connectivity index (χ1v) is 3.95. The van der Waals surface area contributed by atoms with E-state index < -0.39 is 11.5 Å². The largest absolute Gasteiger partial charge is 0.480 e. The third-order valence-corrected chi connectivity index (χ3v) is 2.12. The maximum absolute atomic E-state index is 10.8. The second kappa shape index (κ2) is 2.88. The van der Waals surface area contributed by atoms with Crippen molar-refractivity contribution in [1.82, 2.24) is 0 Å². The molecule has 1 unspecified atom stereocenters. The van der Waals surface area contributed by atoms with Gasteiger partial charge in [-0.2, -0.15) is 0 Å². The number of rotatable bonds is 2. The van der Waals surface area contributed by atoms with Gasteiger partial charge in [-0.3, -0.25) is 0 Å². The quantitative estimate of drug-likeness (QED) is 0.721. The molecule has 1 atom stereocenters. The van der Waals surface area contributed by atoms with Gasteiger partial charge in [-0.1, -0.05) is 0 Å². The fourth-order valence-electron chi connectivity index (χ4n) is 0.934. The average molecular weight is 183 g/mol. The minimum Gasteiger partial charge on any atom is -0.480 e. The Bertz CT molecular complexity index is 319. The van der Waals surface area contributed by atoms with E-state index in [0.29, 0.717) is 5.76 Å². The number of hydrogen-bond donors (Lipinski definition) is 2. The highest BCUT2D eigenvalue weighted by atomic mass is 16.4. The second-order valence-electron chi connectivity index (χ2n) is 3.36. The molecule has 0 saturated heterocycles. The number of furan rings is 1. The lowest BCUT2D eigenvalue weighted by Crippen LogP contribution is -2.41. The molecule has 1 aromatic rings. The van der Waals surface area contributed by atoms with Crippen LogP contribution in [0.15, 0.2) is 10.5 Å². The Kier molecular flexibility index (Phi) is 2.17. The van der Waals surface area contributed by atoms with Crippen LogP contribution >= 0.6 is 0 Å². The molecule has 0 bridgehead atoms. The smallest absolute Gasteiger partial charge is 0.331 e. The lowest BCUT2D eigenvalue weighted by molar-refractivity contribution is -0.143. The van der Waals surface area contributed by atoms with Crippen LogP contribution in [0.1, 0.15) is 24.0 Å². The summed E-state index contributed by atoms with van der Waals surface area (Å²) in [7, 11) is 0. The van der Waals surface area contributed by atoms with Crippen molar-refractivity contribution in [2.75, 3.05) is 0 Å². The predicted molar refractivity (Wildman–Crippen MR) is 47.4 cm³/mol. The van der Waals surface area contributed by atoms with Crippen molar-refractivity contribution < 1.29 is 14.3 Å². The number of hydrogen-bond acceptors (Lipinski definition) is 3. The number of aliphatic carboxylic acids is 1. The van der Waals surface area contributed by atoms with E-state index in [1.165, 1.54) is 6.92 Å². The number of carbonyl (C=O) groups is 1. The van der Waals surface area contributed by atoms with E-state index in [1.807, 2.05) is 6.92 Å².